The van der Waals surface area contributed by atoms with Crippen molar-refractivity contribution in [1.29, 1.82) is 0 Å². The van der Waals surface area contributed by atoms with Crippen molar-refractivity contribution in [3.8, 4) is 0 Å². The number of hydrogen-bond acceptors (Lipinski definition) is 3. The van der Waals surface area contributed by atoms with Crippen LogP contribution >= 0.6 is 11.3 Å². The van der Waals surface area contributed by atoms with E-state index in [-0.39, 0.29) is 7.43 Å². The third kappa shape index (κ3) is 12.3. The van der Waals surface area contributed by atoms with Crippen LogP contribution < -0.4 is 0 Å². The molecule has 0 amide bonds. The summed E-state index contributed by atoms with van der Waals surface area (Å²) in [6, 6.07) is 0.458. The van der Waals surface area contributed by atoms with Gasteiger partial charge in [0.1, 0.15) is 0 Å². The number of nitrogens with zero attached hydrogens (tertiary/aromatic N) is 3. The zero-order valence-corrected chi connectivity index (χ0v) is 32.0. The molecule has 0 aromatic carbocycles. The van der Waals surface area contributed by atoms with Gasteiger partial charge in [0.05, 0.1) is 16.4 Å². The lowest BCUT2D eigenvalue weighted by atomic mass is 9.80. The second-order valence-electron chi connectivity index (χ2n) is 15.9. The van der Waals surface area contributed by atoms with Gasteiger partial charge in [-0.15, -0.1) is 11.3 Å². The van der Waals surface area contributed by atoms with Crippen LogP contribution in [0.1, 0.15) is 207 Å². The van der Waals surface area contributed by atoms with Gasteiger partial charge in [-0.25, -0.2) is 4.98 Å². The number of hydrogen-bond donors (Lipinski definition) is 0. The van der Waals surface area contributed by atoms with Crippen molar-refractivity contribution in [3.05, 3.63) is 33.0 Å². The van der Waals surface area contributed by atoms with Gasteiger partial charge >= 0.3 is 0 Å². The van der Waals surface area contributed by atoms with Gasteiger partial charge in [-0.3, -0.25) is 4.68 Å². The van der Waals surface area contributed by atoms with E-state index < -0.39 is 0 Å². The maximum Gasteiger partial charge on any atom is 0.0956 e. The van der Waals surface area contributed by atoms with Gasteiger partial charge in [0.25, 0.3) is 0 Å². The highest BCUT2D eigenvalue weighted by Gasteiger charge is 2.38. The van der Waals surface area contributed by atoms with Crippen LogP contribution in [0.5, 0.6) is 0 Å². The summed E-state index contributed by atoms with van der Waals surface area (Å²) in [5.41, 5.74) is 3.97. The van der Waals surface area contributed by atoms with E-state index in [4.69, 9.17) is 4.98 Å². The van der Waals surface area contributed by atoms with Crippen molar-refractivity contribution in [1.82, 2.24) is 14.8 Å². The minimum Gasteiger partial charge on any atom is -0.270 e. The van der Waals surface area contributed by atoms with E-state index in [0.29, 0.717) is 35.6 Å². The molecule has 2 unspecified atom stereocenters. The first-order valence-electron chi connectivity index (χ1n) is 17.4. The molecule has 0 N–H and O–H groups in total. The number of rotatable bonds is 9. The molecular weight excluding hydrogens is 543 g/mol. The Balaban J connectivity index is 0.000000608. The third-order valence-electron chi connectivity index (χ3n) is 9.11. The molecule has 1 aliphatic rings. The van der Waals surface area contributed by atoms with Gasteiger partial charge in [0.2, 0.25) is 0 Å². The van der Waals surface area contributed by atoms with E-state index in [9.17, 15) is 0 Å². The van der Waals surface area contributed by atoms with E-state index in [0.717, 1.165) is 35.5 Å². The molecule has 4 heteroatoms. The van der Waals surface area contributed by atoms with Crippen LogP contribution in [0.4, 0.5) is 0 Å². The van der Waals surface area contributed by atoms with E-state index in [1.54, 1.807) is 0 Å². The van der Waals surface area contributed by atoms with Crippen LogP contribution in [-0.4, -0.2) is 14.8 Å². The molecule has 1 fully saturated rings. The highest BCUT2D eigenvalue weighted by Crippen LogP contribution is 2.46. The molecule has 0 aliphatic heterocycles. The van der Waals surface area contributed by atoms with Gasteiger partial charge in [0.15, 0.2) is 0 Å². The van der Waals surface area contributed by atoms with Crippen molar-refractivity contribution in [3.63, 3.8) is 0 Å². The van der Waals surface area contributed by atoms with Crippen molar-refractivity contribution < 1.29 is 0 Å². The molecule has 2 heterocycles. The van der Waals surface area contributed by atoms with E-state index in [2.05, 4.69) is 141 Å². The molecule has 0 radical (unpaired) electrons. The minimum atomic E-state index is 0. The van der Waals surface area contributed by atoms with Crippen molar-refractivity contribution in [2.45, 2.75) is 181 Å². The highest BCUT2D eigenvalue weighted by atomic mass is 32.1. The molecular formula is C39H75N3S. The molecule has 43 heavy (non-hydrogen) atoms. The normalized spacial score (nSPS) is 18.8. The molecule has 0 bridgehead atoms. The van der Waals surface area contributed by atoms with Crippen LogP contribution in [0, 0.1) is 35.5 Å². The summed E-state index contributed by atoms with van der Waals surface area (Å²) in [7, 11) is 0. The smallest absolute Gasteiger partial charge is 0.0956 e. The summed E-state index contributed by atoms with van der Waals surface area (Å²) in [4.78, 5) is 6.22. The Labute approximate surface area is 274 Å². The van der Waals surface area contributed by atoms with Crippen LogP contribution in [0.2, 0.25) is 0 Å². The lowest BCUT2D eigenvalue weighted by Gasteiger charge is -2.26. The fraction of sp³-hybridized carbons (Fsp3) is 0.846. The van der Waals surface area contributed by atoms with Crippen molar-refractivity contribution >= 4 is 11.3 Å². The lowest BCUT2D eigenvalue weighted by molar-refractivity contribution is 0.235. The predicted octanol–water partition coefficient (Wildman–Crippen LogP) is 13.5. The van der Waals surface area contributed by atoms with E-state index in [1.165, 1.54) is 39.7 Å². The first-order chi connectivity index (χ1) is 19.3. The van der Waals surface area contributed by atoms with Crippen LogP contribution in [0.15, 0.2) is 6.20 Å². The molecule has 0 saturated heterocycles. The number of aromatic nitrogens is 3. The standard InChI is InChI=1S/C14H28.C12H22N2.C12H21NS.CH4/c1-9(2)12-7-13(10(3)4)14(8-12)11(5)6;1-8(2)11-7-14(10(5)6)13-12(11)9(3)4;1-7(2)10-11(8(3)4)14-12(13-10)9(5)6;/h9-14H,7-8H2,1-6H3;7-10H,1-6H3;7-9H,1-6H3;1H4. The second-order valence-corrected chi connectivity index (χ2v) is 17.0. The minimum absolute atomic E-state index is 0. The Kier molecular flexibility index (Phi) is 18.2. The predicted molar refractivity (Wildman–Crippen MR) is 196 cm³/mol. The fourth-order valence-corrected chi connectivity index (χ4v) is 7.46. The van der Waals surface area contributed by atoms with Gasteiger partial charge in [-0.1, -0.05) is 118 Å². The Hall–Kier alpha value is -1.16. The van der Waals surface area contributed by atoms with Crippen molar-refractivity contribution in [2.24, 2.45) is 35.5 Å². The molecule has 2 atom stereocenters. The molecule has 1 aliphatic carbocycles. The van der Waals surface area contributed by atoms with Crippen LogP contribution in [0.25, 0.3) is 0 Å². The van der Waals surface area contributed by atoms with Crippen LogP contribution in [-0.2, 0) is 0 Å². The summed E-state index contributed by atoms with van der Waals surface area (Å²) in [6.07, 6.45) is 5.17. The maximum absolute atomic E-state index is 4.75. The fourth-order valence-electron chi connectivity index (χ4n) is 6.24. The SMILES string of the molecule is C.CC(C)C1CC(C(C)C)C(C(C)C)C1.CC(C)c1cn(C(C)C)nc1C(C)C.CC(C)c1nc(C(C)C)c(C(C)C)s1. The van der Waals surface area contributed by atoms with Crippen LogP contribution in [0.3, 0.4) is 0 Å². The summed E-state index contributed by atoms with van der Waals surface area (Å²) in [5, 5.41) is 5.94. The highest BCUT2D eigenvalue weighted by molar-refractivity contribution is 7.11. The largest absolute Gasteiger partial charge is 0.270 e. The van der Waals surface area contributed by atoms with E-state index in [1.807, 2.05) is 11.3 Å². The monoisotopic (exact) mass is 618 g/mol. The second kappa shape index (κ2) is 18.7. The first-order valence-corrected chi connectivity index (χ1v) is 18.2. The molecule has 252 valence electrons. The zero-order valence-electron chi connectivity index (χ0n) is 31.2. The summed E-state index contributed by atoms with van der Waals surface area (Å²) >= 11 is 1.89. The van der Waals surface area contributed by atoms with E-state index >= 15 is 0 Å². The molecule has 0 spiro atoms. The molecule has 2 aromatic rings. The topological polar surface area (TPSA) is 30.7 Å². The van der Waals surface area contributed by atoms with Gasteiger partial charge < -0.3 is 0 Å². The summed E-state index contributed by atoms with van der Waals surface area (Å²) in [5.74, 6) is 8.43. The Morgan fingerprint density at radius 2 is 1.07 bits per heavy atom. The van der Waals surface area contributed by atoms with Crippen molar-refractivity contribution in [2.75, 3.05) is 0 Å². The zero-order chi connectivity index (χ0) is 32.6. The average molecular weight is 618 g/mol. The number of thiazole rings is 1. The quantitative estimate of drug-likeness (QED) is 0.280. The summed E-state index contributed by atoms with van der Waals surface area (Å²) < 4.78 is 2.07. The van der Waals surface area contributed by atoms with Gasteiger partial charge in [-0.05, 0) is 91.4 Å². The molecule has 3 nitrogen and oxygen atoms in total. The third-order valence-corrected chi connectivity index (χ3v) is 10.8. The average Bonchev–Trinajstić information content (AvgIpc) is 3.61. The Bertz CT molecular complexity index is 890. The van der Waals surface area contributed by atoms with Gasteiger partial charge in [-0.2, -0.15) is 5.10 Å². The molecule has 1 saturated carbocycles. The van der Waals surface area contributed by atoms with Gasteiger partial charge in [0, 0.05) is 23.0 Å². The Morgan fingerprint density at radius 1 is 0.605 bits per heavy atom. The maximum atomic E-state index is 4.75. The Morgan fingerprint density at radius 3 is 1.33 bits per heavy atom. The molecule has 3 rings (SSSR count). The molecule has 2 aromatic heterocycles. The first kappa shape index (κ1) is 41.8. The summed E-state index contributed by atoms with van der Waals surface area (Å²) in [6.45, 7) is 41.0. The lowest BCUT2D eigenvalue weighted by Crippen LogP contribution is -2.18.